The summed E-state index contributed by atoms with van der Waals surface area (Å²) in [5, 5.41) is 8.27. The van der Waals surface area contributed by atoms with Crippen molar-refractivity contribution in [3.63, 3.8) is 0 Å². The van der Waals surface area contributed by atoms with E-state index in [1.165, 1.54) is 5.39 Å². The molecule has 5 heteroatoms. The van der Waals surface area contributed by atoms with Crippen molar-refractivity contribution in [1.82, 2.24) is 20.3 Å². The Morgan fingerprint density at radius 1 is 1.08 bits per heavy atom. The van der Waals surface area contributed by atoms with E-state index < -0.39 is 0 Å². The average Bonchev–Trinajstić information content (AvgIpc) is 2.98. The summed E-state index contributed by atoms with van der Waals surface area (Å²) < 4.78 is 0. The van der Waals surface area contributed by atoms with E-state index in [-0.39, 0.29) is 0 Å². The van der Waals surface area contributed by atoms with Crippen LogP contribution in [0.3, 0.4) is 0 Å². The highest BCUT2D eigenvalue weighted by Gasteiger charge is 2.23. The van der Waals surface area contributed by atoms with Gasteiger partial charge in [-0.2, -0.15) is 0 Å². The Kier molecular flexibility index (Phi) is 3.94. The lowest BCUT2D eigenvalue weighted by Crippen LogP contribution is -2.46. The zero-order chi connectivity index (χ0) is 16.5. The molecule has 5 nitrogen and oxygen atoms in total. The topological polar surface area (TPSA) is 65.6 Å². The lowest BCUT2D eigenvalue weighted by Gasteiger charge is -2.33. The molecule has 3 heterocycles. The molecule has 0 aliphatic carbocycles. The van der Waals surface area contributed by atoms with Crippen LogP contribution in [0.25, 0.3) is 22.2 Å². The molecule has 2 aromatic heterocycles. The maximum atomic E-state index is 4.75. The number of para-hydroxylation sites is 1. The Balaban J connectivity index is 1.60. The van der Waals surface area contributed by atoms with Gasteiger partial charge >= 0.3 is 0 Å². The van der Waals surface area contributed by atoms with E-state index in [1.807, 2.05) is 24.5 Å². The molecular formula is C19H23N5. The molecule has 1 saturated heterocycles. The molecule has 3 aromatic rings. The number of rotatable bonds is 3. The second-order valence-corrected chi connectivity index (χ2v) is 6.79. The first-order valence-electron chi connectivity index (χ1n) is 8.61. The van der Waals surface area contributed by atoms with E-state index in [1.54, 1.807) is 0 Å². The highest BCUT2D eigenvalue weighted by atomic mass is 15.1. The Morgan fingerprint density at radius 3 is 2.71 bits per heavy atom. The van der Waals surface area contributed by atoms with Crippen LogP contribution in [0.4, 0.5) is 5.95 Å². The van der Waals surface area contributed by atoms with Crippen LogP contribution < -0.4 is 10.6 Å². The molecule has 4 rings (SSSR count). The first-order valence-corrected chi connectivity index (χ1v) is 8.61. The smallest absolute Gasteiger partial charge is 0.223 e. The highest BCUT2D eigenvalue weighted by Crippen LogP contribution is 2.27. The SMILES string of the molecule is CC1CC(Nc2nccc(-c3c[nH]c4ccccc34)n2)CC(C)N1. The molecule has 0 saturated carbocycles. The van der Waals surface area contributed by atoms with E-state index in [9.17, 15) is 0 Å². The largest absolute Gasteiger partial charge is 0.360 e. The molecule has 1 fully saturated rings. The van der Waals surface area contributed by atoms with Crippen molar-refractivity contribution in [3.8, 4) is 11.3 Å². The minimum atomic E-state index is 0.412. The van der Waals surface area contributed by atoms with E-state index in [4.69, 9.17) is 4.98 Å². The van der Waals surface area contributed by atoms with Gasteiger partial charge in [-0.1, -0.05) is 18.2 Å². The number of aromatic nitrogens is 3. The first-order chi connectivity index (χ1) is 11.7. The number of fused-ring (bicyclic) bond motifs is 1. The van der Waals surface area contributed by atoms with Crippen LogP contribution >= 0.6 is 0 Å². The van der Waals surface area contributed by atoms with Gasteiger partial charge in [-0.05, 0) is 38.8 Å². The summed E-state index contributed by atoms with van der Waals surface area (Å²) >= 11 is 0. The van der Waals surface area contributed by atoms with Gasteiger partial charge in [0.15, 0.2) is 0 Å². The summed E-state index contributed by atoms with van der Waals surface area (Å²) in [5.74, 6) is 0.712. The normalized spacial score (nSPS) is 24.2. The van der Waals surface area contributed by atoms with Gasteiger partial charge in [0.25, 0.3) is 0 Å². The number of anilines is 1. The van der Waals surface area contributed by atoms with Crippen molar-refractivity contribution in [1.29, 1.82) is 0 Å². The van der Waals surface area contributed by atoms with Crippen molar-refractivity contribution in [2.75, 3.05) is 5.32 Å². The quantitative estimate of drug-likeness (QED) is 0.690. The van der Waals surface area contributed by atoms with E-state index in [2.05, 4.69) is 52.6 Å². The molecule has 2 atom stereocenters. The number of benzene rings is 1. The van der Waals surface area contributed by atoms with E-state index >= 15 is 0 Å². The summed E-state index contributed by atoms with van der Waals surface area (Å²) in [7, 11) is 0. The molecule has 24 heavy (non-hydrogen) atoms. The van der Waals surface area contributed by atoms with Crippen LogP contribution in [0.2, 0.25) is 0 Å². The van der Waals surface area contributed by atoms with Crippen LogP contribution in [0.5, 0.6) is 0 Å². The standard InChI is InChI=1S/C19H23N5/c1-12-9-14(10-13(2)22-12)23-19-20-8-7-18(24-19)16-11-21-17-6-4-3-5-15(16)17/h3-8,11-14,21-22H,9-10H2,1-2H3,(H,20,23,24). The molecule has 1 aliphatic rings. The van der Waals surface area contributed by atoms with Gasteiger partial charge in [0.05, 0.1) is 5.69 Å². The van der Waals surface area contributed by atoms with Crippen molar-refractivity contribution < 1.29 is 0 Å². The van der Waals surface area contributed by atoms with Gasteiger partial charge < -0.3 is 15.6 Å². The average molecular weight is 321 g/mol. The second kappa shape index (κ2) is 6.24. The predicted molar refractivity (Wildman–Crippen MR) is 98.0 cm³/mol. The minimum absolute atomic E-state index is 0.412. The molecule has 0 spiro atoms. The number of piperidine rings is 1. The number of H-pyrrole nitrogens is 1. The van der Waals surface area contributed by atoms with Crippen LogP contribution in [-0.2, 0) is 0 Å². The molecule has 124 valence electrons. The molecule has 1 aliphatic heterocycles. The van der Waals surface area contributed by atoms with Crippen LogP contribution in [0, 0.1) is 0 Å². The fourth-order valence-corrected chi connectivity index (χ4v) is 3.73. The van der Waals surface area contributed by atoms with Crippen LogP contribution in [0.1, 0.15) is 26.7 Å². The third-order valence-corrected chi connectivity index (χ3v) is 4.70. The molecule has 0 bridgehead atoms. The van der Waals surface area contributed by atoms with Crippen molar-refractivity contribution in [2.24, 2.45) is 0 Å². The third kappa shape index (κ3) is 2.99. The number of aromatic amines is 1. The second-order valence-electron chi connectivity index (χ2n) is 6.79. The zero-order valence-corrected chi connectivity index (χ0v) is 14.1. The molecule has 2 unspecified atom stereocenters. The van der Waals surface area contributed by atoms with Gasteiger partial charge in [-0.3, -0.25) is 0 Å². The molecule has 1 aromatic carbocycles. The lowest BCUT2D eigenvalue weighted by molar-refractivity contribution is 0.329. The highest BCUT2D eigenvalue weighted by molar-refractivity contribution is 5.94. The number of nitrogens with one attached hydrogen (secondary N) is 3. The fourth-order valence-electron chi connectivity index (χ4n) is 3.73. The summed E-state index contributed by atoms with van der Waals surface area (Å²) in [4.78, 5) is 12.5. The van der Waals surface area contributed by atoms with Crippen molar-refractivity contribution in [3.05, 3.63) is 42.7 Å². The molecular weight excluding hydrogens is 298 g/mol. The predicted octanol–water partition coefficient (Wildman–Crippen LogP) is 3.57. The van der Waals surface area contributed by atoms with Gasteiger partial charge in [-0.15, -0.1) is 0 Å². The maximum Gasteiger partial charge on any atom is 0.223 e. The lowest BCUT2D eigenvalue weighted by atomic mass is 9.95. The Morgan fingerprint density at radius 2 is 1.88 bits per heavy atom. The summed E-state index contributed by atoms with van der Waals surface area (Å²) in [6.45, 7) is 4.46. The summed E-state index contributed by atoms with van der Waals surface area (Å²) in [6.07, 6.45) is 6.03. The van der Waals surface area contributed by atoms with Gasteiger partial charge in [-0.25, -0.2) is 9.97 Å². The first kappa shape index (κ1) is 15.1. The fraction of sp³-hybridized carbons (Fsp3) is 0.368. The number of nitrogens with zero attached hydrogens (tertiary/aromatic N) is 2. The van der Waals surface area contributed by atoms with Crippen molar-refractivity contribution >= 4 is 16.9 Å². The Labute approximate surface area is 141 Å². The minimum Gasteiger partial charge on any atom is -0.360 e. The monoisotopic (exact) mass is 321 g/mol. The van der Waals surface area contributed by atoms with Crippen LogP contribution in [-0.4, -0.2) is 33.1 Å². The number of hydrogen-bond donors (Lipinski definition) is 3. The Hall–Kier alpha value is -2.40. The third-order valence-electron chi connectivity index (χ3n) is 4.70. The van der Waals surface area contributed by atoms with E-state index in [0.717, 1.165) is 29.6 Å². The maximum absolute atomic E-state index is 4.75. The summed E-state index contributed by atoms with van der Waals surface area (Å²) in [5.41, 5.74) is 3.18. The van der Waals surface area contributed by atoms with Crippen LogP contribution in [0.15, 0.2) is 42.7 Å². The van der Waals surface area contributed by atoms with E-state index in [0.29, 0.717) is 24.1 Å². The molecule has 3 N–H and O–H groups in total. The Bertz CT molecular complexity index is 830. The van der Waals surface area contributed by atoms with Crippen molar-refractivity contribution in [2.45, 2.75) is 44.8 Å². The summed E-state index contributed by atoms with van der Waals surface area (Å²) in [6, 6.07) is 11.7. The molecule has 0 amide bonds. The van der Waals surface area contributed by atoms with Gasteiger partial charge in [0.1, 0.15) is 0 Å². The molecule has 0 radical (unpaired) electrons. The van der Waals surface area contributed by atoms with Gasteiger partial charge in [0.2, 0.25) is 5.95 Å². The zero-order valence-electron chi connectivity index (χ0n) is 14.1. The number of hydrogen-bond acceptors (Lipinski definition) is 4. The van der Waals surface area contributed by atoms with Gasteiger partial charge in [0, 0.05) is 47.0 Å².